The van der Waals surface area contributed by atoms with Crippen molar-refractivity contribution in [1.82, 2.24) is 9.62 Å². The molecule has 8 heteroatoms. The molecule has 0 spiro atoms. The van der Waals surface area contributed by atoms with Gasteiger partial charge in [-0.05, 0) is 45.2 Å². The second-order valence-corrected chi connectivity index (χ2v) is 10.9. The summed E-state index contributed by atoms with van der Waals surface area (Å²) >= 11 is 0. The van der Waals surface area contributed by atoms with Crippen molar-refractivity contribution >= 4 is 27.5 Å². The van der Waals surface area contributed by atoms with Gasteiger partial charge in [0.1, 0.15) is 5.54 Å². The highest BCUT2D eigenvalue weighted by molar-refractivity contribution is 7.89. The van der Waals surface area contributed by atoms with E-state index in [2.05, 4.69) is 5.32 Å². The van der Waals surface area contributed by atoms with Crippen LogP contribution in [0.5, 0.6) is 0 Å². The Bertz CT molecular complexity index is 893. The highest BCUT2D eigenvalue weighted by Crippen LogP contribution is 2.33. The van der Waals surface area contributed by atoms with Gasteiger partial charge in [0.15, 0.2) is 0 Å². The van der Waals surface area contributed by atoms with E-state index in [4.69, 9.17) is 0 Å². The monoisotopic (exact) mass is 435 g/mol. The smallest absolute Gasteiger partial charge is 0.247 e. The molecule has 3 rings (SSSR count). The standard InChI is InChI=1S/C22H33N3O4S/c1-4-30(28,29)24-15-20(26)25(19-14-10-9-11-17(19)2)22(3,16-24)21(27)23-18-12-7-5-6-8-13-18/h9-11,14,18H,4-8,12-13,15-16H2,1-3H3,(H,23,27)/t22-/m0/s1. The summed E-state index contributed by atoms with van der Waals surface area (Å²) < 4.78 is 26.3. The van der Waals surface area contributed by atoms with Crippen LogP contribution in [0.25, 0.3) is 0 Å². The van der Waals surface area contributed by atoms with Crippen LogP contribution in [0.2, 0.25) is 0 Å². The number of carbonyl (C=O) groups excluding carboxylic acids is 2. The van der Waals surface area contributed by atoms with E-state index in [-0.39, 0.29) is 36.7 Å². The predicted molar refractivity (Wildman–Crippen MR) is 118 cm³/mol. The quantitative estimate of drug-likeness (QED) is 0.720. The first-order chi connectivity index (χ1) is 14.2. The number of nitrogens with one attached hydrogen (secondary N) is 1. The molecular weight excluding hydrogens is 402 g/mol. The van der Waals surface area contributed by atoms with Crippen LogP contribution in [-0.4, -0.2) is 55.0 Å². The second kappa shape index (κ2) is 9.06. The summed E-state index contributed by atoms with van der Waals surface area (Å²) in [5.41, 5.74) is 0.191. The Morgan fingerprint density at radius 3 is 2.40 bits per heavy atom. The highest BCUT2D eigenvalue weighted by Gasteiger charge is 2.51. The summed E-state index contributed by atoms with van der Waals surface area (Å²) in [5, 5.41) is 3.14. The van der Waals surface area contributed by atoms with Crippen molar-refractivity contribution in [3.05, 3.63) is 29.8 Å². The Labute approximate surface area is 179 Å². The van der Waals surface area contributed by atoms with Crippen LogP contribution in [0.4, 0.5) is 5.69 Å². The summed E-state index contributed by atoms with van der Waals surface area (Å²) in [6.07, 6.45) is 6.30. The number of rotatable bonds is 5. The minimum absolute atomic E-state index is 0.0538. The number of sulfonamides is 1. The van der Waals surface area contributed by atoms with Crippen LogP contribution < -0.4 is 10.2 Å². The fraction of sp³-hybridized carbons (Fsp3) is 0.636. The second-order valence-electron chi connectivity index (χ2n) is 8.62. The first-order valence-corrected chi connectivity index (χ1v) is 12.5. The summed E-state index contributed by atoms with van der Waals surface area (Å²) in [6.45, 7) is 4.82. The number of carbonyl (C=O) groups is 2. The number of nitrogens with zero attached hydrogens (tertiary/aromatic N) is 2. The maximum atomic E-state index is 13.6. The molecule has 166 valence electrons. The molecule has 1 heterocycles. The first-order valence-electron chi connectivity index (χ1n) is 10.9. The van der Waals surface area contributed by atoms with Gasteiger partial charge >= 0.3 is 0 Å². The lowest BCUT2D eigenvalue weighted by molar-refractivity contribution is -0.133. The summed E-state index contributed by atoms with van der Waals surface area (Å²) in [7, 11) is -3.61. The van der Waals surface area contributed by atoms with Gasteiger partial charge in [-0.15, -0.1) is 0 Å². The Morgan fingerprint density at radius 2 is 1.80 bits per heavy atom. The average molecular weight is 436 g/mol. The third-order valence-electron chi connectivity index (χ3n) is 6.33. The summed E-state index contributed by atoms with van der Waals surface area (Å²) in [5.74, 6) is -0.779. The zero-order chi connectivity index (χ0) is 21.9. The maximum absolute atomic E-state index is 13.6. The van der Waals surface area contributed by atoms with Gasteiger partial charge in [0.25, 0.3) is 0 Å². The van der Waals surface area contributed by atoms with Crippen molar-refractivity contribution in [3.8, 4) is 0 Å². The minimum atomic E-state index is -3.61. The van der Waals surface area contributed by atoms with Crippen LogP contribution in [0, 0.1) is 6.92 Å². The van der Waals surface area contributed by atoms with Gasteiger partial charge in [-0.2, -0.15) is 4.31 Å². The SMILES string of the molecule is CCS(=O)(=O)N1CC(=O)N(c2ccccc2C)[C@](C)(C(=O)NC2CCCCCC2)C1. The lowest BCUT2D eigenvalue weighted by atomic mass is 9.92. The van der Waals surface area contributed by atoms with E-state index in [1.54, 1.807) is 13.8 Å². The molecule has 0 unspecified atom stereocenters. The molecular formula is C22H33N3O4S. The third kappa shape index (κ3) is 4.54. The molecule has 1 aromatic rings. The lowest BCUT2D eigenvalue weighted by Gasteiger charge is -2.47. The van der Waals surface area contributed by atoms with Crippen molar-refractivity contribution < 1.29 is 18.0 Å². The number of para-hydroxylation sites is 1. The fourth-order valence-corrected chi connectivity index (χ4v) is 5.62. The average Bonchev–Trinajstić information content (AvgIpc) is 2.97. The number of piperazine rings is 1. The van der Waals surface area contributed by atoms with Gasteiger partial charge in [0.05, 0.1) is 12.3 Å². The lowest BCUT2D eigenvalue weighted by Crippen LogP contribution is -2.71. The molecule has 7 nitrogen and oxygen atoms in total. The van der Waals surface area contributed by atoms with E-state index in [0.29, 0.717) is 5.69 Å². The molecule has 0 radical (unpaired) electrons. The number of hydrogen-bond acceptors (Lipinski definition) is 4. The Hall–Kier alpha value is -1.93. The highest BCUT2D eigenvalue weighted by atomic mass is 32.2. The molecule has 1 atom stereocenters. The number of benzene rings is 1. The third-order valence-corrected chi connectivity index (χ3v) is 8.11. The van der Waals surface area contributed by atoms with Gasteiger partial charge in [0, 0.05) is 18.3 Å². The molecule has 1 N–H and O–H groups in total. The largest absolute Gasteiger partial charge is 0.351 e. The fourth-order valence-electron chi connectivity index (χ4n) is 4.50. The zero-order valence-electron chi connectivity index (χ0n) is 18.2. The Balaban J connectivity index is 1.99. The van der Waals surface area contributed by atoms with Gasteiger partial charge in [-0.25, -0.2) is 8.42 Å². The van der Waals surface area contributed by atoms with Crippen LogP contribution in [0.3, 0.4) is 0 Å². The van der Waals surface area contributed by atoms with E-state index >= 15 is 0 Å². The van der Waals surface area contributed by atoms with Crippen LogP contribution in [0.15, 0.2) is 24.3 Å². The van der Waals surface area contributed by atoms with E-state index in [1.807, 2.05) is 31.2 Å². The van der Waals surface area contributed by atoms with Gasteiger partial charge in [-0.1, -0.05) is 43.9 Å². The van der Waals surface area contributed by atoms with Crippen molar-refractivity contribution in [3.63, 3.8) is 0 Å². The van der Waals surface area contributed by atoms with E-state index in [0.717, 1.165) is 35.6 Å². The zero-order valence-corrected chi connectivity index (χ0v) is 19.0. The Kier molecular flexibility index (Phi) is 6.87. The topological polar surface area (TPSA) is 86.8 Å². The van der Waals surface area contributed by atoms with Gasteiger partial charge in [-0.3, -0.25) is 14.5 Å². The molecule has 2 amide bonds. The van der Waals surface area contributed by atoms with E-state index < -0.39 is 15.6 Å². The van der Waals surface area contributed by atoms with Crippen molar-refractivity contribution in [1.29, 1.82) is 0 Å². The molecule has 2 aliphatic rings. The molecule has 1 saturated carbocycles. The molecule has 0 aromatic heterocycles. The molecule has 1 aromatic carbocycles. The molecule has 1 saturated heterocycles. The van der Waals surface area contributed by atoms with E-state index in [1.165, 1.54) is 17.7 Å². The molecule has 1 aliphatic carbocycles. The normalized spacial score (nSPS) is 24.5. The number of aryl methyl sites for hydroxylation is 1. The number of hydrogen-bond donors (Lipinski definition) is 1. The number of anilines is 1. The predicted octanol–water partition coefficient (Wildman–Crippen LogP) is 2.59. The van der Waals surface area contributed by atoms with Crippen LogP contribution in [0.1, 0.15) is 57.9 Å². The number of amides is 2. The van der Waals surface area contributed by atoms with Crippen molar-refractivity contribution in [2.24, 2.45) is 0 Å². The summed E-state index contributed by atoms with van der Waals surface area (Å²) in [4.78, 5) is 28.3. The van der Waals surface area contributed by atoms with Crippen LogP contribution in [-0.2, 0) is 19.6 Å². The molecule has 30 heavy (non-hydrogen) atoms. The maximum Gasteiger partial charge on any atom is 0.247 e. The van der Waals surface area contributed by atoms with Gasteiger partial charge < -0.3 is 5.32 Å². The molecule has 2 fully saturated rings. The van der Waals surface area contributed by atoms with Crippen LogP contribution >= 0.6 is 0 Å². The van der Waals surface area contributed by atoms with Crippen molar-refractivity contribution in [2.75, 3.05) is 23.7 Å². The molecule has 0 bridgehead atoms. The summed E-state index contributed by atoms with van der Waals surface area (Å²) in [6, 6.07) is 7.47. The minimum Gasteiger partial charge on any atom is -0.351 e. The Morgan fingerprint density at radius 1 is 1.17 bits per heavy atom. The van der Waals surface area contributed by atoms with Gasteiger partial charge in [0.2, 0.25) is 21.8 Å². The van der Waals surface area contributed by atoms with Crippen molar-refractivity contribution in [2.45, 2.75) is 70.9 Å². The molecule has 1 aliphatic heterocycles. The first kappa shape index (κ1) is 22.7. The van der Waals surface area contributed by atoms with E-state index in [9.17, 15) is 18.0 Å².